The Hall–Kier alpha value is -1.45. The molecule has 3 nitrogen and oxygen atoms in total. The zero-order chi connectivity index (χ0) is 17.7. The number of carbonyl (C=O) groups is 1. The number of carbonyl (C=O) groups excluding carboxylic acids is 1. The lowest BCUT2D eigenvalue weighted by Gasteiger charge is -2.27. The molecule has 0 bridgehead atoms. The molecule has 0 unspecified atom stereocenters. The Kier molecular flexibility index (Phi) is 6.08. The van der Waals surface area contributed by atoms with Crippen molar-refractivity contribution in [2.45, 2.75) is 63.9 Å². The number of hydrogen-bond donors (Lipinski definition) is 1. The first kappa shape index (κ1) is 18.3. The third kappa shape index (κ3) is 4.04. The molecule has 25 heavy (non-hydrogen) atoms. The van der Waals surface area contributed by atoms with Gasteiger partial charge in [0.2, 0.25) is 0 Å². The summed E-state index contributed by atoms with van der Waals surface area (Å²) in [5.74, 6) is 0.199. The van der Waals surface area contributed by atoms with Gasteiger partial charge in [-0.3, -0.25) is 4.79 Å². The third-order valence-corrected chi connectivity index (χ3v) is 5.65. The molecule has 1 saturated heterocycles. The summed E-state index contributed by atoms with van der Waals surface area (Å²) < 4.78 is 5.57. The summed E-state index contributed by atoms with van der Waals surface area (Å²) in [4.78, 5) is 13.1. The van der Waals surface area contributed by atoms with Crippen molar-refractivity contribution in [3.05, 3.63) is 47.0 Å². The molecular formula is C22H30O3. The summed E-state index contributed by atoms with van der Waals surface area (Å²) in [6, 6.07) is 9.34. The Morgan fingerprint density at radius 3 is 2.64 bits per heavy atom. The molecular weight excluding hydrogens is 312 g/mol. The van der Waals surface area contributed by atoms with Crippen molar-refractivity contribution in [2.24, 2.45) is 5.92 Å². The molecule has 3 rings (SSSR count). The highest BCUT2D eigenvalue weighted by Crippen LogP contribution is 2.46. The SMILES string of the molecule is CCCCCCCC[C@]1(O)C[C@@H]2COCC2=C1C(=O)c1ccccc1. The molecule has 0 aromatic heterocycles. The van der Waals surface area contributed by atoms with Crippen LogP contribution in [0, 0.1) is 5.92 Å². The molecule has 2 atom stereocenters. The quantitative estimate of drug-likeness (QED) is 0.523. The van der Waals surface area contributed by atoms with Crippen molar-refractivity contribution in [1.82, 2.24) is 0 Å². The minimum absolute atomic E-state index is 0.0166. The topological polar surface area (TPSA) is 46.5 Å². The van der Waals surface area contributed by atoms with Gasteiger partial charge in [-0.25, -0.2) is 0 Å². The number of rotatable bonds is 9. The highest BCUT2D eigenvalue weighted by molar-refractivity contribution is 6.11. The van der Waals surface area contributed by atoms with E-state index in [-0.39, 0.29) is 11.7 Å². The summed E-state index contributed by atoms with van der Waals surface area (Å²) in [5.41, 5.74) is 1.37. The van der Waals surface area contributed by atoms with Gasteiger partial charge in [-0.15, -0.1) is 0 Å². The van der Waals surface area contributed by atoms with E-state index in [1.54, 1.807) is 0 Å². The largest absolute Gasteiger partial charge is 0.385 e. The van der Waals surface area contributed by atoms with E-state index in [0.29, 0.717) is 37.2 Å². The molecule has 136 valence electrons. The van der Waals surface area contributed by atoms with E-state index in [4.69, 9.17) is 4.74 Å². The molecule has 1 N–H and O–H groups in total. The van der Waals surface area contributed by atoms with E-state index in [9.17, 15) is 9.90 Å². The minimum atomic E-state index is -0.971. The van der Waals surface area contributed by atoms with Crippen LogP contribution >= 0.6 is 0 Å². The molecule has 1 aliphatic heterocycles. The second-order valence-electron chi connectivity index (χ2n) is 7.56. The van der Waals surface area contributed by atoms with Crippen LogP contribution in [0.25, 0.3) is 0 Å². The molecule has 0 amide bonds. The first-order chi connectivity index (χ1) is 12.2. The molecule has 0 spiro atoms. The number of ether oxygens (including phenoxy) is 1. The van der Waals surface area contributed by atoms with Gasteiger partial charge < -0.3 is 9.84 Å². The van der Waals surface area contributed by atoms with E-state index in [1.807, 2.05) is 30.3 Å². The lowest BCUT2D eigenvalue weighted by molar-refractivity contribution is 0.0448. The fourth-order valence-electron chi connectivity index (χ4n) is 4.31. The summed E-state index contributed by atoms with van der Waals surface area (Å²) in [5, 5.41) is 11.4. The fourth-order valence-corrected chi connectivity index (χ4v) is 4.31. The Labute approximate surface area is 151 Å². The van der Waals surface area contributed by atoms with Gasteiger partial charge in [-0.1, -0.05) is 75.8 Å². The van der Waals surface area contributed by atoms with Crippen molar-refractivity contribution in [3.63, 3.8) is 0 Å². The van der Waals surface area contributed by atoms with E-state index >= 15 is 0 Å². The number of fused-ring (bicyclic) bond motifs is 1. The van der Waals surface area contributed by atoms with Crippen LogP contribution in [0.15, 0.2) is 41.5 Å². The zero-order valence-electron chi connectivity index (χ0n) is 15.3. The average Bonchev–Trinajstić information content (AvgIpc) is 3.16. The lowest BCUT2D eigenvalue weighted by Crippen LogP contribution is -2.33. The maximum Gasteiger partial charge on any atom is 0.191 e. The number of benzene rings is 1. The predicted molar refractivity (Wildman–Crippen MR) is 99.7 cm³/mol. The lowest BCUT2D eigenvalue weighted by atomic mass is 9.84. The number of unbranched alkanes of at least 4 members (excludes halogenated alkanes) is 5. The van der Waals surface area contributed by atoms with Crippen LogP contribution in [0.1, 0.15) is 68.6 Å². The van der Waals surface area contributed by atoms with Gasteiger partial charge in [0.1, 0.15) is 0 Å². The minimum Gasteiger partial charge on any atom is -0.385 e. The number of aliphatic hydroxyl groups is 1. The highest BCUT2D eigenvalue weighted by atomic mass is 16.5. The summed E-state index contributed by atoms with van der Waals surface area (Å²) in [6.45, 7) is 3.35. The molecule has 1 fully saturated rings. The van der Waals surface area contributed by atoms with Gasteiger partial charge in [0, 0.05) is 17.1 Å². The summed E-state index contributed by atoms with van der Waals surface area (Å²) >= 11 is 0. The second-order valence-corrected chi connectivity index (χ2v) is 7.56. The molecule has 1 aromatic rings. The standard InChI is InChI=1S/C22H30O3/c1-2-3-4-5-6-10-13-22(24)14-18-15-25-16-19(18)20(22)21(23)17-11-8-7-9-12-17/h7-9,11-12,18,24H,2-6,10,13-16H2,1H3/t18-,22+/m1/s1. The van der Waals surface area contributed by atoms with Gasteiger partial charge in [-0.05, 0) is 18.4 Å². The highest BCUT2D eigenvalue weighted by Gasteiger charge is 2.48. The van der Waals surface area contributed by atoms with Gasteiger partial charge in [0.15, 0.2) is 5.78 Å². The van der Waals surface area contributed by atoms with Crippen LogP contribution in [0.2, 0.25) is 0 Å². The van der Waals surface area contributed by atoms with Gasteiger partial charge in [0.05, 0.1) is 18.8 Å². The predicted octanol–water partition coefficient (Wildman–Crippen LogP) is 4.70. The smallest absolute Gasteiger partial charge is 0.191 e. The Bertz CT molecular complexity index is 619. The van der Waals surface area contributed by atoms with Crippen LogP contribution in [0.4, 0.5) is 0 Å². The first-order valence-corrected chi connectivity index (χ1v) is 9.79. The Morgan fingerprint density at radius 1 is 1.16 bits per heavy atom. The first-order valence-electron chi connectivity index (χ1n) is 9.79. The van der Waals surface area contributed by atoms with Crippen molar-refractivity contribution < 1.29 is 14.6 Å². The van der Waals surface area contributed by atoms with Gasteiger partial charge in [-0.2, -0.15) is 0 Å². The number of hydrogen-bond acceptors (Lipinski definition) is 3. The molecule has 1 heterocycles. The molecule has 1 aromatic carbocycles. The van der Waals surface area contributed by atoms with E-state index in [1.165, 1.54) is 25.7 Å². The maximum atomic E-state index is 13.1. The Balaban J connectivity index is 1.72. The molecule has 2 aliphatic rings. The van der Waals surface area contributed by atoms with Crippen molar-refractivity contribution >= 4 is 5.78 Å². The van der Waals surface area contributed by atoms with E-state index in [2.05, 4.69) is 6.92 Å². The molecule has 0 radical (unpaired) electrons. The molecule has 3 heteroatoms. The van der Waals surface area contributed by atoms with Crippen LogP contribution in [0.5, 0.6) is 0 Å². The second kappa shape index (κ2) is 8.29. The van der Waals surface area contributed by atoms with Crippen molar-refractivity contribution in [2.75, 3.05) is 13.2 Å². The van der Waals surface area contributed by atoms with Crippen LogP contribution in [-0.2, 0) is 4.74 Å². The summed E-state index contributed by atoms with van der Waals surface area (Å²) in [7, 11) is 0. The van der Waals surface area contributed by atoms with Crippen molar-refractivity contribution in [1.29, 1.82) is 0 Å². The van der Waals surface area contributed by atoms with Crippen molar-refractivity contribution in [3.8, 4) is 0 Å². The Morgan fingerprint density at radius 2 is 1.88 bits per heavy atom. The number of Topliss-reactive ketones (excluding diaryl/α,β-unsaturated/α-hetero) is 1. The van der Waals surface area contributed by atoms with Crippen LogP contribution in [0.3, 0.4) is 0 Å². The normalized spacial score (nSPS) is 25.4. The summed E-state index contributed by atoms with van der Waals surface area (Å²) in [6.07, 6.45) is 8.45. The van der Waals surface area contributed by atoms with E-state index < -0.39 is 5.60 Å². The molecule has 1 aliphatic carbocycles. The van der Waals surface area contributed by atoms with Crippen LogP contribution in [-0.4, -0.2) is 29.7 Å². The van der Waals surface area contributed by atoms with Gasteiger partial charge >= 0.3 is 0 Å². The maximum absolute atomic E-state index is 13.1. The fraction of sp³-hybridized carbons (Fsp3) is 0.591. The van der Waals surface area contributed by atoms with Crippen LogP contribution < -0.4 is 0 Å². The van der Waals surface area contributed by atoms with E-state index in [0.717, 1.165) is 18.4 Å². The average molecular weight is 342 g/mol. The third-order valence-electron chi connectivity index (χ3n) is 5.65. The molecule has 0 saturated carbocycles. The monoisotopic (exact) mass is 342 g/mol. The number of ketones is 1. The van der Waals surface area contributed by atoms with Gasteiger partial charge in [0.25, 0.3) is 0 Å². The zero-order valence-corrected chi connectivity index (χ0v) is 15.3.